The molecule has 0 aliphatic carbocycles. The zero-order valence-corrected chi connectivity index (χ0v) is 19.2. The van der Waals surface area contributed by atoms with Gasteiger partial charge in [-0.2, -0.15) is 0 Å². The van der Waals surface area contributed by atoms with Crippen molar-refractivity contribution in [1.82, 2.24) is 10.6 Å². The third-order valence-electron chi connectivity index (χ3n) is 4.91. The van der Waals surface area contributed by atoms with Gasteiger partial charge in [0, 0.05) is 38.2 Å². The molecule has 1 unspecified atom stereocenters. The molecule has 1 heterocycles. The van der Waals surface area contributed by atoms with Crippen LogP contribution in [0, 0.1) is 0 Å². The third kappa shape index (κ3) is 6.62. The first-order valence-electron chi connectivity index (χ1n) is 9.66. The number of aryl methyl sites for hydroxylation is 1. The molecule has 0 spiro atoms. The predicted molar refractivity (Wildman–Crippen MR) is 129 cm³/mol. The molecule has 1 amide bonds. The second-order valence-corrected chi connectivity index (χ2v) is 6.87. The highest BCUT2D eigenvalue weighted by Gasteiger charge is 2.24. The van der Waals surface area contributed by atoms with Gasteiger partial charge in [0.2, 0.25) is 5.91 Å². The average Bonchev–Trinajstić information content (AvgIpc) is 2.73. The van der Waals surface area contributed by atoms with Crippen LogP contribution in [0.4, 0.5) is 5.69 Å². The van der Waals surface area contributed by atoms with E-state index < -0.39 is 0 Å². The van der Waals surface area contributed by atoms with Gasteiger partial charge in [-0.05, 0) is 42.2 Å². The second-order valence-electron chi connectivity index (χ2n) is 6.87. The van der Waals surface area contributed by atoms with Gasteiger partial charge in [-0.1, -0.05) is 30.3 Å². The Kier molecular flexibility index (Phi) is 9.24. The van der Waals surface area contributed by atoms with Crippen molar-refractivity contribution in [3.63, 3.8) is 0 Å². The normalized spacial score (nSPS) is 15.6. The molecule has 0 saturated carbocycles. The zero-order chi connectivity index (χ0) is 19.8. The topological polar surface area (TPSA) is 74.8 Å². The SMILES string of the molecule is CN=C(NCCCc1cccc(OC)c1)NCC1CC(=O)Nc2ccccc21.I. The van der Waals surface area contributed by atoms with Gasteiger partial charge in [-0.3, -0.25) is 9.79 Å². The van der Waals surface area contributed by atoms with Crippen LogP contribution in [0.1, 0.15) is 29.9 Å². The number of benzene rings is 2. The van der Waals surface area contributed by atoms with E-state index in [1.54, 1.807) is 14.2 Å². The molecule has 0 radical (unpaired) electrons. The molecule has 0 aromatic heterocycles. The van der Waals surface area contributed by atoms with Gasteiger partial charge >= 0.3 is 0 Å². The Morgan fingerprint density at radius 2 is 2.03 bits per heavy atom. The number of anilines is 1. The summed E-state index contributed by atoms with van der Waals surface area (Å²) < 4.78 is 5.27. The first kappa shape index (κ1) is 23.0. The van der Waals surface area contributed by atoms with Crippen LogP contribution in [-0.4, -0.2) is 39.1 Å². The van der Waals surface area contributed by atoms with Crippen molar-refractivity contribution in [3.05, 3.63) is 59.7 Å². The lowest BCUT2D eigenvalue weighted by molar-refractivity contribution is -0.116. The minimum absolute atomic E-state index is 0. The van der Waals surface area contributed by atoms with Crippen molar-refractivity contribution in [2.24, 2.45) is 4.99 Å². The number of para-hydroxylation sites is 1. The van der Waals surface area contributed by atoms with E-state index in [0.29, 0.717) is 13.0 Å². The number of guanidine groups is 1. The molecule has 0 fully saturated rings. The highest BCUT2D eigenvalue weighted by molar-refractivity contribution is 14.0. The number of halogens is 1. The number of methoxy groups -OCH3 is 1. The Hall–Kier alpha value is -2.29. The standard InChI is InChI=1S/C22H28N4O2.HI/c1-23-22(24-12-6-8-16-7-5-9-18(13-16)28-2)25-15-17-14-21(27)26-20-11-4-3-10-19(17)20;/h3-5,7,9-11,13,17H,6,8,12,14-15H2,1-2H3,(H,26,27)(H2,23,24,25);1H. The quantitative estimate of drug-likeness (QED) is 0.232. The molecule has 0 saturated heterocycles. The fraction of sp³-hybridized carbons (Fsp3) is 0.364. The van der Waals surface area contributed by atoms with Crippen LogP contribution in [0.25, 0.3) is 0 Å². The molecule has 29 heavy (non-hydrogen) atoms. The lowest BCUT2D eigenvalue weighted by Gasteiger charge is -2.26. The van der Waals surface area contributed by atoms with Gasteiger partial charge in [0.15, 0.2) is 5.96 Å². The number of hydrogen-bond donors (Lipinski definition) is 3. The number of nitrogens with zero attached hydrogens (tertiary/aromatic N) is 1. The van der Waals surface area contributed by atoms with E-state index in [9.17, 15) is 4.79 Å². The van der Waals surface area contributed by atoms with Crippen LogP contribution in [0.5, 0.6) is 5.75 Å². The van der Waals surface area contributed by atoms with Crippen LogP contribution in [0.2, 0.25) is 0 Å². The summed E-state index contributed by atoms with van der Waals surface area (Å²) in [5.41, 5.74) is 3.34. The number of amides is 1. The number of carbonyl (C=O) groups is 1. The van der Waals surface area contributed by atoms with E-state index in [4.69, 9.17) is 4.74 Å². The monoisotopic (exact) mass is 508 g/mol. The maximum Gasteiger partial charge on any atom is 0.225 e. The molecule has 3 rings (SSSR count). The number of rotatable bonds is 7. The van der Waals surface area contributed by atoms with E-state index >= 15 is 0 Å². The Morgan fingerprint density at radius 3 is 2.83 bits per heavy atom. The number of aliphatic imine (C=N–C) groups is 1. The molecule has 3 N–H and O–H groups in total. The summed E-state index contributed by atoms with van der Waals surface area (Å²) in [5.74, 6) is 1.85. The molecule has 2 aromatic rings. The Morgan fingerprint density at radius 1 is 1.21 bits per heavy atom. The molecule has 1 atom stereocenters. The first-order chi connectivity index (χ1) is 13.7. The van der Waals surface area contributed by atoms with Crippen LogP contribution in [-0.2, 0) is 11.2 Å². The maximum atomic E-state index is 11.9. The van der Waals surface area contributed by atoms with Crippen molar-refractivity contribution in [1.29, 1.82) is 0 Å². The molecule has 0 bridgehead atoms. The van der Waals surface area contributed by atoms with Crippen molar-refractivity contribution < 1.29 is 9.53 Å². The van der Waals surface area contributed by atoms with Crippen LogP contribution < -0.4 is 20.7 Å². The Labute approximate surface area is 189 Å². The molecular formula is C22H29IN4O2. The highest BCUT2D eigenvalue weighted by atomic mass is 127. The zero-order valence-electron chi connectivity index (χ0n) is 16.9. The van der Waals surface area contributed by atoms with Crippen LogP contribution in [0.3, 0.4) is 0 Å². The molecule has 1 aliphatic rings. The summed E-state index contributed by atoms with van der Waals surface area (Å²) in [4.78, 5) is 16.2. The molecular weight excluding hydrogens is 479 g/mol. The van der Waals surface area contributed by atoms with E-state index in [2.05, 4.69) is 39.1 Å². The first-order valence-corrected chi connectivity index (χ1v) is 9.66. The number of carbonyl (C=O) groups excluding carboxylic acids is 1. The van der Waals surface area contributed by atoms with Gasteiger partial charge in [-0.25, -0.2) is 0 Å². The van der Waals surface area contributed by atoms with Crippen LogP contribution in [0.15, 0.2) is 53.5 Å². The smallest absolute Gasteiger partial charge is 0.225 e. The van der Waals surface area contributed by atoms with Crippen molar-refractivity contribution in [2.45, 2.75) is 25.2 Å². The van der Waals surface area contributed by atoms with Crippen molar-refractivity contribution >= 4 is 41.5 Å². The average molecular weight is 508 g/mol. The highest BCUT2D eigenvalue weighted by Crippen LogP contribution is 2.31. The second kappa shape index (κ2) is 11.6. The summed E-state index contributed by atoms with van der Waals surface area (Å²) in [6, 6.07) is 16.1. The van der Waals surface area contributed by atoms with Crippen molar-refractivity contribution in [2.75, 3.05) is 32.6 Å². The summed E-state index contributed by atoms with van der Waals surface area (Å²) in [6.45, 7) is 1.48. The molecule has 6 nitrogen and oxygen atoms in total. The number of fused-ring (bicyclic) bond motifs is 1. The van der Waals surface area contributed by atoms with Gasteiger partial charge < -0.3 is 20.7 Å². The summed E-state index contributed by atoms with van der Waals surface area (Å²) >= 11 is 0. The minimum Gasteiger partial charge on any atom is -0.497 e. The number of ether oxygens (including phenoxy) is 1. The summed E-state index contributed by atoms with van der Waals surface area (Å²) in [6.07, 6.45) is 2.44. The Bertz CT molecular complexity index is 841. The van der Waals surface area contributed by atoms with E-state index in [1.807, 2.05) is 30.3 Å². The molecule has 2 aromatic carbocycles. The van der Waals surface area contributed by atoms with Gasteiger partial charge in [0.1, 0.15) is 5.75 Å². The van der Waals surface area contributed by atoms with Gasteiger partial charge in [-0.15, -0.1) is 24.0 Å². The van der Waals surface area contributed by atoms with Crippen LogP contribution >= 0.6 is 24.0 Å². The minimum atomic E-state index is 0. The third-order valence-corrected chi connectivity index (χ3v) is 4.91. The van der Waals surface area contributed by atoms with Gasteiger partial charge in [0.05, 0.1) is 7.11 Å². The lowest BCUT2D eigenvalue weighted by Crippen LogP contribution is -2.41. The summed E-state index contributed by atoms with van der Waals surface area (Å²) in [7, 11) is 3.45. The van der Waals surface area contributed by atoms with E-state index in [1.165, 1.54) is 11.1 Å². The molecule has 7 heteroatoms. The fourth-order valence-corrected chi connectivity index (χ4v) is 3.45. The van der Waals surface area contributed by atoms with E-state index in [-0.39, 0.29) is 35.8 Å². The van der Waals surface area contributed by atoms with Crippen molar-refractivity contribution in [3.8, 4) is 5.75 Å². The predicted octanol–water partition coefficient (Wildman–Crippen LogP) is 3.54. The maximum absolute atomic E-state index is 11.9. The summed E-state index contributed by atoms with van der Waals surface area (Å²) in [5, 5.41) is 9.64. The van der Waals surface area contributed by atoms with Gasteiger partial charge in [0.25, 0.3) is 0 Å². The fourth-order valence-electron chi connectivity index (χ4n) is 3.45. The largest absolute Gasteiger partial charge is 0.497 e. The molecule has 1 aliphatic heterocycles. The molecule has 156 valence electrons. The Balaban J connectivity index is 0.00000300. The number of hydrogen-bond acceptors (Lipinski definition) is 3. The lowest BCUT2D eigenvalue weighted by atomic mass is 9.90. The number of nitrogens with one attached hydrogen (secondary N) is 3. The van der Waals surface area contributed by atoms with E-state index in [0.717, 1.165) is 36.8 Å².